The number of aromatic nitrogens is 1. The van der Waals surface area contributed by atoms with Crippen LogP contribution in [0.1, 0.15) is 180 Å². The van der Waals surface area contributed by atoms with Crippen LogP contribution in [0.4, 0.5) is 34.1 Å². The molecule has 594 valence electrons. The first-order valence-electron chi connectivity index (χ1n) is 43.3. The molecule has 0 N–H and O–H groups in total. The molecule has 3 nitrogen and oxygen atoms in total. The Morgan fingerprint density at radius 2 is 0.633 bits per heavy atom. The highest BCUT2D eigenvalue weighted by Crippen LogP contribution is 2.54. The van der Waals surface area contributed by atoms with E-state index in [0.29, 0.717) is 0 Å². The molecule has 0 aliphatic carbocycles. The standard InChI is InChI=1S/C115H112BN3Si/c1-109(2,3)83-64-77(65-84(68-83)110(4,5)6)97-73-89(60-62-99(97)114(16,17)18)117-104-76-94(120(91-50-31-22-32-51-91,92-52-33-23-34-53-92)93-54-35-24-36-55-93)61-63-100(104)116-101-72-87(113(13,14)15)71-98(78-66-85(111(7,8)9)69-86(67-78)112(10,11)12)108(101)119(106-75-90(74-105(117)107(106)116)118-102-58-39-37-56-95(102)96-57-38-40-59-103(96)118)88-49-41-48-82(70-88)115(79-42-25-19-26-43-79,80-44-27-20-28-45-80)81-46-29-21-30-47-81/h19-76H,1-18H3. The van der Waals surface area contributed by atoms with Gasteiger partial charge in [0, 0.05) is 50.5 Å². The van der Waals surface area contributed by atoms with Crippen LogP contribution in [0.15, 0.2) is 352 Å². The second-order valence-electron chi connectivity index (χ2n) is 40.2. The SMILES string of the molecule is CC(C)(C)c1cc(-c2cc(N3c4cc([Si](c5ccccc5)(c5ccccc5)c5ccccc5)ccc4B4c5cc(C(C)(C)C)cc(-c6cc(C(C)(C)C)cc(C(C)(C)C)c6)c5N(c5cccc(C(c6ccccc6)(c6ccccc6)c6ccccc6)c5)c5cc(-n6c7ccccc7c7ccccc76)cc3c54)ccc2C(C)(C)C)cc(C(C)(C)C)c1. The van der Waals surface area contributed by atoms with Crippen molar-refractivity contribution in [2.75, 3.05) is 9.80 Å². The summed E-state index contributed by atoms with van der Waals surface area (Å²) in [7, 11) is -3.26. The van der Waals surface area contributed by atoms with Gasteiger partial charge in [-0.05, 0) is 203 Å². The van der Waals surface area contributed by atoms with Crippen LogP contribution >= 0.6 is 0 Å². The topological polar surface area (TPSA) is 11.4 Å². The average Bonchev–Trinajstić information content (AvgIpc) is 0.860. The minimum atomic E-state index is -3.26. The molecule has 15 aromatic carbocycles. The lowest BCUT2D eigenvalue weighted by Gasteiger charge is -2.46. The largest absolute Gasteiger partial charge is 0.311 e. The molecule has 18 rings (SSSR count). The molecule has 0 saturated carbocycles. The van der Waals surface area contributed by atoms with Crippen molar-refractivity contribution in [3.8, 4) is 27.9 Å². The zero-order chi connectivity index (χ0) is 83.8. The monoisotopic (exact) mass is 1570 g/mol. The smallest absolute Gasteiger partial charge is 0.252 e. The molecule has 0 atom stereocenters. The van der Waals surface area contributed by atoms with Crippen molar-refractivity contribution in [1.29, 1.82) is 0 Å². The van der Waals surface area contributed by atoms with Crippen LogP contribution in [-0.4, -0.2) is 19.4 Å². The molecule has 0 radical (unpaired) electrons. The first kappa shape index (κ1) is 79.1. The predicted octanol–water partition coefficient (Wildman–Crippen LogP) is 25.7. The highest BCUT2D eigenvalue weighted by atomic mass is 28.3. The summed E-state index contributed by atoms with van der Waals surface area (Å²) >= 11 is 0. The highest BCUT2D eigenvalue weighted by molar-refractivity contribution is 7.20. The van der Waals surface area contributed by atoms with E-state index in [4.69, 9.17) is 0 Å². The fraction of sp³-hybridized carbons (Fsp3) is 0.217. The zero-order valence-corrected chi connectivity index (χ0v) is 74.4. The van der Waals surface area contributed by atoms with E-state index in [9.17, 15) is 0 Å². The third-order valence-electron chi connectivity index (χ3n) is 26.1. The van der Waals surface area contributed by atoms with Crippen molar-refractivity contribution in [3.05, 3.63) is 407 Å². The van der Waals surface area contributed by atoms with Gasteiger partial charge in [-0.2, -0.15) is 0 Å². The minimum Gasteiger partial charge on any atom is -0.311 e. The second kappa shape index (κ2) is 29.5. The Morgan fingerprint density at radius 3 is 1.07 bits per heavy atom. The van der Waals surface area contributed by atoms with E-state index in [1.807, 2.05) is 0 Å². The van der Waals surface area contributed by atoms with Gasteiger partial charge in [-0.25, -0.2) is 0 Å². The Hall–Kier alpha value is -12.0. The van der Waals surface area contributed by atoms with Crippen LogP contribution in [0.5, 0.6) is 0 Å². The first-order chi connectivity index (χ1) is 57.3. The van der Waals surface area contributed by atoms with Crippen LogP contribution in [0.3, 0.4) is 0 Å². The van der Waals surface area contributed by atoms with Crippen LogP contribution in [-0.2, 0) is 37.9 Å². The Bertz CT molecular complexity index is 6260. The molecule has 2 aliphatic heterocycles. The van der Waals surface area contributed by atoms with Crippen LogP contribution in [0, 0.1) is 0 Å². The van der Waals surface area contributed by atoms with Gasteiger partial charge in [0.2, 0.25) is 0 Å². The summed E-state index contributed by atoms with van der Waals surface area (Å²) < 4.78 is 2.58. The molecule has 0 spiro atoms. The van der Waals surface area contributed by atoms with E-state index in [1.165, 1.54) is 126 Å². The number of benzene rings is 15. The Balaban J connectivity index is 1.06. The summed E-state index contributed by atoms with van der Waals surface area (Å²) in [5.41, 5.74) is 29.4. The Kier molecular flexibility index (Phi) is 19.4. The maximum absolute atomic E-state index is 3.26. The van der Waals surface area contributed by atoms with Crippen molar-refractivity contribution in [1.82, 2.24) is 4.57 Å². The van der Waals surface area contributed by atoms with Gasteiger partial charge in [-0.15, -0.1) is 0 Å². The molecule has 0 fully saturated rings. The fourth-order valence-electron chi connectivity index (χ4n) is 19.7. The zero-order valence-electron chi connectivity index (χ0n) is 73.4. The van der Waals surface area contributed by atoms with Crippen molar-refractivity contribution in [2.24, 2.45) is 0 Å². The molecule has 2 aliphatic rings. The lowest BCUT2D eigenvalue weighted by molar-refractivity contribution is 0.568. The van der Waals surface area contributed by atoms with Crippen molar-refractivity contribution < 1.29 is 0 Å². The number of fused-ring (bicyclic) bond motifs is 7. The first-order valence-corrected chi connectivity index (χ1v) is 45.3. The predicted molar refractivity (Wildman–Crippen MR) is 520 cm³/mol. The van der Waals surface area contributed by atoms with Crippen LogP contribution < -0.4 is 46.9 Å². The van der Waals surface area contributed by atoms with Crippen molar-refractivity contribution in [3.63, 3.8) is 0 Å². The molecule has 0 bridgehead atoms. The number of hydrogen-bond donors (Lipinski definition) is 0. The maximum Gasteiger partial charge on any atom is 0.252 e. The molecule has 5 heteroatoms. The minimum absolute atomic E-state index is 0.128. The van der Waals surface area contributed by atoms with Gasteiger partial charge in [0.15, 0.2) is 8.07 Å². The van der Waals surface area contributed by atoms with Gasteiger partial charge in [-0.1, -0.05) is 416 Å². The van der Waals surface area contributed by atoms with E-state index in [1.54, 1.807) is 0 Å². The van der Waals surface area contributed by atoms with E-state index in [0.717, 1.165) is 50.7 Å². The summed E-state index contributed by atoms with van der Waals surface area (Å²) in [4.78, 5) is 5.51. The summed E-state index contributed by atoms with van der Waals surface area (Å²) in [6, 6.07) is 137. The lowest BCUT2D eigenvalue weighted by Crippen LogP contribution is -2.75. The third-order valence-corrected chi connectivity index (χ3v) is 30.9. The van der Waals surface area contributed by atoms with E-state index in [-0.39, 0.29) is 39.2 Å². The second-order valence-corrected chi connectivity index (χ2v) is 44.0. The van der Waals surface area contributed by atoms with E-state index >= 15 is 0 Å². The summed E-state index contributed by atoms with van der Waals surface area (Å²) in [5.74, 6) is 0. The van der Waals surface area contributed by atoms with Gasteiger partial charge in [0.25, 0.3) is 6.71 Å². The molecular formula is C115H112BN3Si. The molecule has 120 heavy (non-hydrogen) atoms. The number of rotatable bonds is 13. The van der Waals surface area contributed by atoms with Gasteiger partial charge in [0.05, 0.1) is 22.1 Å². The number of para-hydroxylation sites is 2. The van der Waals surface area contributed by atoms with Crippen LogP contribution in [0.25, 0.3) is 49.7 Å². The van der Waals surface area contributed by atoms with Gasteiger partial charge in [0.1, 0.15) is 0 Å². The number of hydrogen-bond acceptors (Lipinski definition) is 2. The van der Waals surface area contributed by atoms with E-state index in [2.05, 4.69) is 491 Å². The van der Waals surface area contributed by atoms with Crippen molar-refractivity contribution >= 4 is 108 Å². The lowest BCUT2D eigenvalue weighted by atomic mass is 9.33. The fourth-order valence-corrected chi connectivity index (χ4v) is 24.5. The molecule has 0 amide bonds. The van der Waals surface area contributed by atoms with Crippen LogP contribution in [0.2, 0.25) is 0 Å². The Labute approximate surface area is 715 Å². The quantitative estimate of drug-likeness (QED) is 0.0842. The molecule has 0 unspecified atom stereocenters. The number of anilines is 6. The summed E-state index contributed by atoms with van der Waals surface area (Å²) in [6.45, 7) is 42.7. The normalized spacial score (nSPS) is 13.4. The molecular weight excluding hydrogens is 1460 g/mol. The summed E-state index contributed by atoms with van der Waals surface area (Å²) in [6.07, 6.45) is 0. The number of nitrogens with zero attached hydrogens (tertiary/aromatic N) is 3. The Morgan fingerprint density at radius 1 is 0.242 bits per heavy atom. The van der Waals surface area contributed by atoms with Crippen molar-refractivity contribution in [2.45, 2.75) is 163 Å². The average molecular weight is 1580 g/mol. The third kappa shape index (κ3) is 13.5. The van der Waals surface area contributed by atoms with Gasteiger partial charge < -0.3 is 14.4 Å². The maximum atomic E-state index is 2.76. The van der Waals surface area contributed by atoms with Gasteiger partial charge >= 0.3 is 0 Å². The molecule has 1 aromatic heterocycles. The van der Waals surface area contributed by atoms with E-state index < -0.39 is 13.5 Å². The highest BCUT2D eigenvalue weighted by Gasteiger charge is 2.49. The summed E-state index contributed by atoms with van der Waals surface area (Å²) in [5, 5.41) is 7.71. The molecule has 0 saturated heterocycles. The molecule has 16 aromatic rings. The molecule has 3 heterocycles. The van der Waals surface area contributed by atoms with Gasteiger partial charge in [-0.3, -0.25) is 0 Å².